The van der Waals surface area contributed by atoms with E-state index in [0.29, 0.717) is 6.04 Å². The summed E-state index contributed by atoms with van der Waals surface area (Å²) in [7, 11) is 6.37. The van der Waals surface area contributed by atoms with Crippen molar-refractivity contribution in [3.63, 3.8) is 0 Å². The molecule has 3 heteroatoms. The Morgan fingerprint density at radius 1 is 1.20 bits per heavy atom. The molecule has 3 nitrogen and oxygen atoms in total. The van der Waals surface area contributed by atoms with E-state index in [9.17, 15) is 0 Å². The monoisotopic (exact) mass is 209 g/mol. The molecule has 86 valence electrons. The Morgan fingerprint density at radius 3 is 2.53 bits per heavy atom. The average Bonchev–Trinajstić information content (AvgIpc) is 2.64. The number of hydrogen-bond donors (Lipinski definition) is 0. The van der Waals surface area contributed by atoms with Gasteiger partial charge >= 0.3 is 0 Å². The zero-order chi connectivity index (χ0) is 11.3. The summed E-state index contributed by atoms with van der Waals surface area (Å²) in [5, 5.41) is 9.01. The van der Waals surface area contributed by atoms with Crippen LogP contribution >= 0.6 is 0 Å². The van der Waals surface area contributed by atoms with E-state index in [-0.39, 0.29) is 5.92 Å². The number of hydrogen-bond acceptors (Lipinski definition) is 3. The molecular formula is C12H23N3. The van der Waals surface area contributed by atoms with Gasteiger partial charge in [-0.3, -0.25) is 0 Å². The molecule has 0 aromatic carbocycles. The lowest BCUT2D eigenvalue weighted by molar-refractivity contribution is 0.209. The molecule has 0 N–H and O–H groups in total. The number of rotatable bonds is 5. The van der Waals surface area contributed by atoms with Crippen LogP contribution in [-0.2, 0) is 0 Å². The molecule has 0 bridgehead atoms. The van der Waals surface area contributed by atoms with Crippen molar-refractivity contribution in [2.45, 2.75) is 31.7 Å². The Balaban J connectivity index is 2.27. The van der Waals surface area contributed by atoms with Crippen LogP contribution in [0.2, 0.25) is 0 Å². The summed E-state index contributed by atoms with van der Waals surface area (Å²) >= 11 is 0. The molecular weight excluding hydrogens is 186 g/mol. The van der Waals surface area contributed by atoms with E-state index < -0.39 is 0 Å². The molecule has 0 radical (unpaired) electrons. The normalized spacial score (nSPS) is 26.1. The summed E-state index contributed by atoms with van der Waals surface area (Å²) in [6, 6.07) is 2.95. The van der Waals surface area contributed by atoms with Gasteiger partial charge in [0.15, 0.2) is 0 Å². The summed E-state index contributed by atoms with van der Waals surface area (Å²) in [5.41, 5.74) is 0. The molecule has 2 unspecified atom stereocenters. The highest BCUT2D eigenvalue weighted by atomic mass is 15.1. The van der Waals surface area contributed by atoms with Crippen molar-refractivity contribution in [2.75, 3.05) is 34.2 Å². The zero-order valence-corrected chi connectivity index (χ0v) is 10.2. The number of nitrogens with zero attached hydrogens (tertiary/aromatic N) is 3. The first-order valence-electron chi connectivity index (χ1n) is 5.89. The third-order valence-electron chi connectivity index (χ3n) is 3.33. The molecule has 0 saturated heterocycles. The van der Waals surface area contributed by atoms with Gasteiger partial charge in [0.25, 0.3) is 0 Å². The highest BCUT2D eigenvalue weighted by molar-refractivity contribution is 4.96. The van der Waals surface area contributed by atoms with E-state index in [1.807, 2.05) is 0 Å². The Bertz CT molecular complexity index is 219. The van der Waals surface area contributed by atoms with Gasteiger partial charge in [-0.25, -0.2) is 0 Å². The van der Waals surface area contributed by atoms with Gasteiger partial charge in [-0.05, 0) is 53.5 Å². The first-order chi connectivity index (χ1) is 7.15. The van der Waals surface area contributed by atoms with Crippen LogP contribution in [0.1, 0.15) is 25.7 Å². The maximum absolute atomic E-state index is 9.01. The molecule has 0 amide bonds. The van der Waals surface area contributed by atoms with E-state index >= 15 is 0 Å². The topological polar surface area (TPSA) is 30.3 Å². The van der Waals surface area contributed by atoms with E-state index in [1.54, 1.807) is 0 Å². The minimum absolute atomic E-state index is 0.273. The Labute approximate surface area is 93.7 Å². The highest BCUT2D eigenvalue weighted by Gasteiger charge is 2.29. The van der Waals surface area contributed by atoms with Crippen LogP contribution in [-0.4, -0.2) is 50.1 Å². The summed E-state index contributed by atoms with van der Waals surface area (Å²) in [4.78, 5) is 4.59. The van der Waals surface area contributed by atoms with Crippen LogP contribution in [0, 0.1) is 17.2 Å². The highest BCUT2D eigenvalue weighted by Crippen LogP contribution is 2.28. The second kappa shape index (κ2) is 6.09. The van der Waals surface area contributed by atoms with Crippen LogP contribution in [0.25, 0.3) is 0 Å². The molecule has 2 atom stereocenters. The van der Waals surface area contributed by atoms with Gasteiger partial charge in [-0.15, -0.1) is 0 Å². The predicted molar refractivity (Wildman–Crippen MR) is 62.5 cm³/mol. The fraction of sp³-hybridized carbons (Fsp3) is 0.917. The quantitative estimate of drug-likeness (QED) is 0.688. The summed E-state index contributed by atoms with van der Waals surface area (Å²) < 4.78 is 0. The minimum Gasteiger partial charge on any atom is -0.309 e. The molecule has 0 spiro atoms. The Hall–Kier alpha value is -0.590. The van der Waals surface area contributed by atoms with Crippen molar-refractivity contribution in [3.8, 4) is 6.07 Å². The molecule has 0 aromatic rings. The first kappa shape index (κ1) is 12.5. The maximum Gasteiger partial charge on any atom is 0.0672 e. The van der Waals surface area contributed by atoms with Crippen LogP contribution in [0.5, 0.6) is 0 Å². The molecule has 1 rings (SSSR count). The third-order valence-corrected chi connectivity index (χ3v) is 3.33. The smallest absolute Gasteiger partial charge is 0.0672 e. The van der Waals surface area contributed by atoms with E-state index in [1.165, 1.54) is 19.3 Å². The fourth-order valence-corrected chi connectivity index (χ4v) is 2.42. The second-order valence-electron chi connectivity index (χ2n) is 4.87. The molecule has 15 heavy (non-hydrogen) atoms. The molecule has 1 aliphatic rings. The van der Waals surface area contributed by atoms with Gasteiger partial charge in [0.1, 0.15) is 0 Å². The van der Waals surface area contributed by atoms with Crippen molar-refractivity contribution in [2.24, 2.45) is 5.92 Å². The van der Waals surface area contributed by atoms with Gasteiger partial charge in [-0.1, -0.05) is 6.42 Å². The first-order valence-corrected chi connectivity index (χ1v) is 5.89. The standard InChI is InChI=1S/C12H23N3/c1-14(2)8-5-9-15(3)12-7-4-6-11(12)10-13/h11-12H,4-9H2,1-3H3. The molecule has 1 fully saturated rings. The summed E-state index contributed by atoms with van der Waals surface area (Å²) in [6.07, 6.45) is 4.72. The SMILES string of the molecule is CN(C)CCCN(C)C1CCCC1C#N. The lowest BCUT2D eigenvalue weighted by Crippen LogP contribution is -2.35. The Kier molecular flexibility index (Phi) is 5.07. The molecule has 0 aromatic heterocycles. The minimum atomic E-state index is 0.273. The Morgan fingerprint density at radius 2 is 1.93 bits per heavy atom. The lowest BCUT2D eigenvalue weighted by Gasteiger charge is -2.26. The lowest BCUT2D eigenvalue weighted by atomic mass is 10.0. The van der Waals surface area contributed by atoms with Gasteiger partial charge in [0.2, 0.25) is 0 Å². The molecule has 1 aliphatic carbocycles. The predicted octanol–water partition coefficient (Wildman–Crippen LogP) is 1.56. The van der Waals surface area contributed by atoms with Gasteiger partial charge in [0, 0.05) is 6.04 Å². The van der Waals surface area contributed by atoms with Crippen molar-refractivity contribution >= 4 is 0 Å². The van der Waals surface area contributed by atoms with Crippen LogP contribution < -0.4 is 0 Å². The van der Waals surface area contributed by atoms with Gasteiger partial charge < -0.3 is 9.80 Å². The van der Waals surface area contributed by atoms with Crippen molar-refractivity contribution in [1.82, 2.24) is 9.80 Å². The summed E-state index contributed by atoms with van der Waals surface area (Å²) in [6.45, 7) is 2.25. The largest absolute Gasteiger partial charge is 0.309 e. The van der Waals surface area contributed by atoms with Crippen molar-refractivity contribution in [1.29, 1.82) is 5.26 Å². The van der Waals surface area contributed by atoms with E-state index in [4.69, 9.17) is 5.26 Å². The van der Waals surface area contributed by atoms with Gasteiger partial charge in [-0.2, -0.15) is 5.26 Å². The number of nitriles is 1. The maximum atomic E-state index is 9.01. The fourth-order valence-electron chi connectivity index (χ4n) is 2.42. The molecule has 0 aliphatic heterocycles. The van der Waals surface area contributed by atoms with Crippen molar-refractivity contribution < 1.29 is 0 Å². The molecule has 0 heterocycles. The van der Waals surface area contributed by atoms with Crippen molar-refractivity contribution in [3.05, 3.63) is 0 Å². The van der Waals surface area contributed by atoms with Crippen LogP contribution in [0.4, 0.5) is 0 Å². The summed E-state index contributed by atoms with van der Waals surface area (Å²) in [5.74, 6) is 0.273. The average molecular weight is 209 g/mol. The zero-order valence-electron chi connectivity index (χ0n) is 10.2. The van der Waals surface area contributed by atoms with Crippen LogP contribution in [0.3, 0.4) is 0 Å². The van der Waals surface area contributed by atoms with E-state index in [2.05, 4.69) is 37.0 Å². The second-order valence-corrected chi connectivity index (χ2v) is 4.87. The van der Waals surface area contributed by atoms with Gasteiger partial charge in [0.05, 0.1) is 12.0 Å². The van der Waals surface area contributed by atoms with E-state index in [0.717, 1.165) is 19.5 Å². The van der Waals surface area contributed by atoms with Crippen LogP contribution in [0.15, 0.2) is 0 Å². The molecule has 1 saturated carbocycles. The third kappa shape index (κ3) is 3.81.